The zero-order valence-corrected chi connectivity index (χ0v) is 16.6. The van der Waals surface area contributed by atoms with Crippen LogP contribution in [-0.2, 0) is 9.53 Å². The van der Waals surface area contributed by atoms with Gasteiger partial charge in [0.15, 0.2) is 11.5 Å². The van der Waals surface area contributed by atoms with Crippen molar-refractivity contribution in [3.8, 4) is 17.2 Å². The van der Waals surface area contributed by atoms with Crippen molar-refractivity contribution in [2.75, 3.05) is 21.3 Å². The fourth-order valence-electron chi connectivity index (χ4n) is 3.70. The lowest BCUT2D eigenvalue weighted by Gasteiger charge is -2.29. The molecule has 0 bridgehead atoms. The average Bonchev–Trinajstić information content (AvgIpc) is 3.18. The van der Waals surface area contributed by atoms with Gasteiger partial charge in [-0.1, -0.05) is 0 Å². The Hall–Kier alpha value is -2.90. The van der Waals surface area contributed by atoms with Crippen molar-refractivity contribution >= 4 is 12.0 Å². The van der Waals surface area contributed by atoms with E-state index in [4.69, 9.17) is 18.9 Å². The number of carbonyl (C=O) groups is 2. The van der Waals surface area contributed by atoms with Gasteiger partial charge in [-0.15, -0.1) is 0 Å². The molecular formula is C20H26N2O6. The SMILES string of the molecule is COc1cc([C@@H]2NC(=O)NC(C)=C2C(=O)OC2CCCC2)cc(OC)c1OC. The molecule has 1 saturated carbocycles. The number of hydrogen-bond acceptors (Lipinski definition) is 6. The molecule has 0 unspecified atom stereocenters. The summed E-state index contributed by atoms with van der Waals surface area (Å²) in [5, 5.41) is 5.45. The van der Waals surface area contributed by atoms with E-state index in [0.29, 0.717) is 34.1 Å². The van der Waals surface area contributed by atoms with E-state index in [1.165, 1.54) is 21.3 Å². The standard InChI is InChI=1S/C20H26N2O6/c1-11-16(19(23)28-13-7-5-6-8-13)17(22-20(24)21-11)12-9-14(25-2)18(27-4)15(10-12)26-3/h9-10,13,17H,5-8H2,1-4H3,(H2,21,22,24)/t17-/m0/s1. The van der Waals surface area contributed by atoms with E-state index < -0.39 is 18.0 Å². The number of allylic oxidation sites excluding steroid dienone is 1. The van der Waals surface area contributed by atoms with E-state index in [1.54, 1.807) is 19.1 Å². The summed E-state index contributed by atoms with van der Waals surface area (Å²) in [6.45, 7) is 1.69. The van der Waals surface area contributed by atoms with E-state index in [0.717, 1.165) is 25.7 Å². The average molecular weight is 390 g/mol. The molecule has 0 saturated heterocycles. The van der Waals surface area contributed by atoms with Gasteiger partial charge >= 0.3 is 12.0 Å². The number of nitrogens with one attached hydrogen (secondary N) is 2. The monoisotopic (exact) mass is 390 g/mol. The summed E-state index contributed by atoms with van der Waals surface area (Å²) < 4.78 is 21.8. The molecule has 0 radical (unpaired) electrons. The first-order valence-electron chi connectivity index (χ1n) is 9.27. The third-order valence-electron chi connectivity index (χ3n) is 5.09. The fraction of sp³-hybridized carbons (Fsp3) is 0.500. The Balaban J connectivity index is 2.00. The van der Waals surface area contributed by atoms with Gasteiger partial charge in [-0.2, -0.15) is 0 Å². The second-order valence-electron chi connectivity index (χ2n) is 6.84. The molecule has 1 aromatic carbocycles. The minimum Gasteiger partial charge on any atom is -0.493 e. The Bertz CT molecular complexity index is 773. The van der Waals surface area contributed by atoms with Crippen LogP contribution in [0.3, 0.4) is 0 Å². The first kappa shape index (κ1) is 19.9. The van der Waals surface area contributed by atoms with Gasteiger partial charge in [-0.3, -0.25) is 0 Å². The van der Waals surface area contributed by atoms with Crippen LogP contribution in [0.25, 0.3) is 0 Å². The zero-order chi connectivity index (χ0) is 20.3. The molecule has 0 aromatic heterocycles. The molecule has 2 aliphatic rings. The summed E-state index contributed by atoms with van der Waals surface area (Å²) in [7, 11) is 4.54. The maximum Gasteiger partial charge on any atom is 0.338 e. The third-order valence-corrected chi connectivity index (χ3v) is 5.09. The van der Waals surface area contributed by atoms with Crippen LogP contribution in [0.5, 0.6) is 17.2 Å². The van der Waals surface area contributed by atoms with Crippen molar-refractivity contribution in [2.24, 2.45) is 0 Å². The highest BCUT2D eigenvalue weighted by atomic mass is 16.5. The second-order valence-corrected chi connectivity index (χ2v) is 6.84. The van der Waals surface area contributed by atoms with E-state index >= 15 is 0 Å². The summed E-state index contributed by atoms with van der Waals surface area (Å²) >= 11 is 0. The molecule has 1 aliphatic heterocycles. The molecule has 1 aromatic rings. The smallest absolute Gasteiger partial charge is 0.338 e. The largest absolute Gasteiger partial charge is 0.493 e. The Morgan fingerprint density at radius 1 is 1.04 bits per heavy atom. The molecular weight excluding hydrogens is 364 g/mol. The fourth-order valence-corrected chi connectivity index (χ4v) is 3.70. The molecule has 28 heavy (non-hydrogen) atoms. The minimum absolute atomic E-state index is 0.0778. The Labute approximate surface area is 164 Å². The molecule has 1 aliphatic carbocycles. The van der Waals surface area contributed by atoms with Crippen molar-refractivity contribution in [1.29, 1.82) is 0 Å². The van der Waals surface area contributed by atoms with Crippen LogP contribution < -0.4 is 24.8 Å². The van der Waals surface area contributed by atoms with Gasteiger partial charge < -0.3 is 29.6 Å². The number of urea groups is 1. The second kappa shape index (κ2) is 8.41. The summed E-state index contributed by atoms with van der Waals surface area (Å²) in [6.07, 6.45) is 3.77. The van der Waals surface area contributed by atoms with Crippen molar-refractivity contribution in [1.82, 2.24) is 10.6 Å². The Kier molecular flexibility index (Phi) is 5.96. The molecule has 0 spiro atoms. The van der Waals surface area contributed by atoms with Crippen LogP contribution in [0.2, 0.25) is 0 Å². The van der Waals surface area contributed by atoms with E-state index in [1.807, 2.05) is 0 Å². The van der Waals surface area contributed by atoms with Gasteiger partial charge in [-0.25, -0.2) is 9.59 Å². The zero-order valence-electron chi connectivity index (χ0n) is 16.6. The van der Waals surface area contributed by atoms with Crippen molar-refractivity contribution in [3.05, 3.63) is 29.0 Å². The minimum atomic E-state index is -0.698. The number of ether oxygens (including phenoxy) is 4. The van der Waals surface area contributed by atoms with Gasteiger partial charge in [0.25, 0.3) is 0 Å². The first-order valence-corrected chi connectivity index (χ1v) is 9.27. The first-order chi connectivity index (χ1) is 13.5. The van der Waals surface area contributed by atoms with Crippen LogP contribution >= 0.6 is 0 Å². The van der Waals surface area contributed by atoms with Gasteiger partial charge in [0, 0.05) is 5.70 Å². The van der Waals surface area contributed by atoms with Crippen molar-refractivity contribution in [3.63, 3.8) is 0 Å². The van der Waals surface area contributed by atoms with Gasteiger partial charge in [-0.05, 0) is 50.3 Å². The van der Waals surface area contributed by atoms with Crippen LogP contribution in [0.4, 0.5) is 4.79 Å². The lowest BCUT2D eigenvalue weighted by molar-refractivity contribution is -0.144. The molecule has 8 heteroatoms. The maximum atomic E-state index is 12.9. The highest BCUT2D eigenvalue weighted by Crippen LogP contribution is 2.41. The van der Waals surface area contributed by atoms with Crippen molar-refractivity contribution in [2.45, 2.75) is 44.8 Å². The van der Waals surface area contributed by atoms with Crippen LogP contribution in [-0.4, -0.2) is 39.4 Å². The Morgan fingerprint density at radius 2 is 1.64 bits per heavy atom. The van der Waals surface area contributed by atoms with Crippen LogP contribution in [0.1, 0.15) is 44.2 Å². The quantitative estimate of drug-likeness (QED) is 0.726. The normalized spacial score (nSPS) is 19.7. The molecule has 152 valence electrons. The predicted octanol–water partition coefficient (Wildman–Crippen LogP) is 2.83. The molecule has 2 amide bonds. The maximum absolute atomic E-state index is 12.9. The Morgan fingerprint density at radius 3 is 2.18 bits per heavy atom. The summed E-state index contributed by atoms with van der Waals surface area (Å²) in [4.78, 5) is 25.0. The summed E-state index contributed by atoms with van der Waals surface area (Å²) in [6, 6.07) is 2.34. The third kappa shape index (κ3) is 3.85. The number of methoxy groups -OCH3 is 3. The highest BCUT2D eigenvalue weighted by Gasteiger charge is 2.35. The molecule has 1 fully saturated rings. The van der Waals surface area contributed by atoms with E-state index in [9.17, 15) is 9.59 Å². The number of benzene rings is 1. The summed E-state index contributed by atoms with van der Waals surface area (Å²) in [5.74, 6) is 0.872. The molecule has 8 nitrogen and oxygen atoms in total. The predicted molar refractivity (Wildman–Crippen MR) is 102 cm³/mol. The highest BCUT2D eigenvalue weighted by molar-refractivity contribution is 5.95. The number of hydrogen-bond donors (Lipinski definition) is 2. The van der Waals surface area contributed by atoms with E-state index in [2.05, 4.69) is 10.6 Å². The number of rotatable bonds is 6. The number of amides is 2. The summed E-state index contributed by atoms with van der Waals surface area (Å²) in [5.41, 5.74) is 1.45. The van der Waals surface area contributed by atoms with Gasteiger partial charge in [0.1, 0.15) is 6.10 Å². The van der Waals surface area contributed by atoms with Crippen LogP contribution in [0, 0.1) is 0 Å². The van der Waals surface area contributed by atoms with Crippen molar-refractivity contribution < 1.29 is 28.5 Å². The van der Waals surface area contributed by atoms with Gasteiger partial charge in [0.05, 0.1) is 32.9 Å². The lowest BCUT2D eigenvalue weighted by Crippen LogP contribution is -2.45. The topological polar surface area (TPSA) is 95.1 Å². The molecule has 1 atom stereocenters. The van der Waals surface area contributed by atoms with Crippen LogP contribution in [0.15, 0.2) is 23.4 Å². The molecule has 1 heterocycles. The molecule has 2 N–H and O–H groups in total. The number of esters is 1. The van der Waals surface area contributed by atoms with Gasteiger partial charge in [0.2, 0.25) is 5.75 Å². The lowest BCUT2D eigenvalue weighted by atomic mass is 9.95. The molecule has 3 rings (SSSR count). The van der Waals surface area contributed by atoms with E-state index in [-0.39, 0.29) is 6.10 Å². The number of carbonyl (C=O) groups excluding carboxylic acids is 2.